The summed E-state index contributed by atoms with van der Waals surface area (Å²) in [7, 11) is 0. The van der Waals surface area contributed by atoms with Crippen molar-refractivity contribution in [1.29, 1.82) is 0 Å². The molecule has 3 N–H and O–H groups in total. The van der Waals surface area contributed by atoms with E-state index in [0.717, 1.165) is 27.8 Å². The zero-order valence-corrected chi connectivity index (χ0v) is 31.3. The van der Waals surface area contributed by atoms with Crippen LogP contribution < -0.4 is 15.4 Å². The highest BCUT2D eigenvalue weighted by molar-refractivity contribution is 6.02. The molecule has 0 saturated heterocycles. The van der Waals surface area contributed by atoms with Crippen molar-refractivity contribution in [3.8, 4) is 23.3 Å². The number of para-hydroxylation sites is 2. The molecule has 0 unspecified atom stereocenters. The van der Waals surface area contributed by atoms with Crippen LogP contribution in [0.2, 0.25) is 0 Å². The maximum absolute atomic E-state index is 13.2. The van der Waals surface area contributed by atoms with E-state index in [1.807, 2.05) is 61.5 Å². The smallest absolute Gasteiger partial charge is 0.332 e. The Morgan fingerprint density at radius 1 is 0.648 bits per heavy atom. The summed E-state index contributed by atoms with van der Waals surface area (Å²) in [5.74, 6) is 4.29. The first kappa shape index (κ1) is 39.1. The number of carbonyl (C=O) groups is 4. The summed E-state index contributed by atoms with van der Waals surface area (Å²) < 4.78 is 16.3. The maximum Gasteiger partial charge on any atom is 0.332 e. The van der Waals surface area contributed by atoms with E-state index >= 15 is 0 Å². The predicted octanol–water partition coefficient (Wildman–Crippen LogP) is 5.76. The van der Waals surface area contributed by atoms with Gasteiger partial charge in [0, 0.05) is 25.7 Å². The van der Waals surface area contributed by atoms with Crippen molar-refractivity contribution in [2.75, 3.05) is 19.8 Å². The number of phenolic OH excluding ortho intramolecular Hbond substituents is 1. The highest BCUT2D eigenvalue weighted by Crippen LogP contribution is 2.34. The van der Waals surface area contributed by atoms with Crippen molar-refractivity contribution in [3.05, 3.63) is 129 Å². The molecule has 2 aliphatic rings. The molecule has 0 saturated carbocycles. The van der Waals surface area contributed by atoms with Gasteiger partial charge in [0.25, 0.3) is 11.8 Å². The second kappa shape index (κ2) is 17.2. The monoisotopic (exact) mass is 730 g/mol. The largest absolute Gasteiger partial charge is 0.507 e. The van der Waals surface area contributed by atoms with Gasteiger partial charge >= 0.3 is 11.9 Å². The van der Waals surface area contributed by atoms with Crippen molar-refractivity contribution in [3.63, 3.8) is 0 Å². The van der Waals surface area contributed by atoms with Gasteiger partial charge in [-0.05, 0) is 80.1 Å². The van der Waals surface area contributed by atoms with Crippen LogP contribution in [0.3, 0.4) is 0 Å². The van der Waals surface area contributed by atoms with Crippen LogP contribution in [-0.4, -0.2) is 59.8 Å². The molecule has 0 atom stereocenters. The summed E-state index contributed by atoms with van der Waals surface area (Å²) in [6, 6.07) is 25.9. The Bertz CT molecular complexity index is 2060. The van der Waals surface area contributed by atoms with E-state index in [2.05, 4.69) is 22.5 Å². The van der Waals surface area contributed by atoms with E-state index in [4.69, 9.17) is 14.2 Å². The molecule has 4 aromatic rings. The molecule has 0 spiro atoms. The zero-order chi connectivity index (χ0) is 38.9. The molecule has 2 aliphatic carbocycles. The molecule has 2 amide bonds. The molecule has 0 aliphatic heterocycles. The van der Waals surface area contributed by atoms with Gasteiger partial charge in [0.05, 0.1) is 24.3 Å². The lowest BCUT2D eigenvalue weighted by Gasteiger charge is -2.28. The molecule has 0 aromatic heterocycles. The van der Waals surface area contributed by atoms with Gasteiger partial charge in [-0.15, -0.1) is 5.92 Å². The number of rotatable bonds is 10. The molecule has 0 radical (unpaired) electrons. The fourth-order valence-electron chi connectivity index (χ4n) is 6.95. The number of esters is 2. The summed E-state index contributed by atoms with van der Waals surface area (Å²) in [4.78, 5) is 51.5. The topological polar surface area (TPSA) is 140 Å². The van der Waals surface area contributed by atoms with E-state index < -0.39 is 28.9 Å². The molecular weight excluding hydrogens is 684 g/mol. The van der Waals surface area contributed by atoms with Crippen LogP contribution in [0.5, 0.6) is 11.5 Å². The van der Waals surface area contributed by atoms with Crippen LogP contribution >= 0.6 is 0 Å². The molecule has 54 heavy (non-hydrogen) atoms. The summed E-state index contributed by atoms with van der Waals surface area (Å²) in [5.41, 5.74) is 3.81. The fraction of sp³-hybridized carbons (Fsp3) is 0.318. The van der Waals surface area contributed by atoms with Gasteiger partial charge in [0.15, 0.2) is 0 Å². The lowest BCUT2D eigenvalue weighted by atomic mass is 9.94. The predicted molar refractivity (Wildman–Crippen MR) is 204 cm³/mol. The van der Waals surface area contributed by atoms with Gasteiger partial charge in [-0.3, -0.25) is 9.59 Å². The average Bonchev–Trinajstić information content (AvgIpc) is 3.73. The Morgan fingerprint density at radius 2 is 1.07 bits per heavy atom. The quantitative estimate of drug-likeness (QED) is 0.138. The zero-order valence-electron chi connectivity index (χ0n) is 31.3. The van der Waals surface area contributed by atoms with Crippen molar-refractivity contribution in [2.45, 2.75) is 71.4 Å². The first-order valence-electron chi connectivity index (χ1n) is 18.0. The van der Waals surface area contributed by atoms with Crippen LogP contribution in [0.25, 0.3) is 0 Å². The van der Waals surface area contributed by atoms with Gasteiger partial charge in [-0.2, -0.15) is 0 Å². The molecule has 0 bridgehead atoms. The summed E-state index contributed by atoms with van der Waals surface area (Å²) in [5, 5.41) is 16.0. The fourth-order valence-corrected chi connectivity index (χ4v) is 6.95. The van der Waals surface area contributed by atoms with Crippen LogP contribution in [0.4, 0.5) is 0 Å². The normalized spacial score (nSPS) is 14.1. The summed E-state index contributed by atoms with van der Waals surface area (Å²) in [6.07, 6.45) is 1.55. The number of ether oxygens (including phenoxy) is 3. The summed E-state index contributed by atoms with van der Waals surface area (Å²) in [6.45, 7) is 9.50. The second-order valence-electron chi connectivity index (χ2n) is 13.4. The number of aryl methyl sites for hydroxylation is 2. The number of benzene rings is 4. The minimum Gasteiger partial charge on any atom is -0.507 e. The van der Waals surface area contributed by atoms with Gasteiger partial charge in [0.2, 0.25) is 0 Å². The molecule has 10 nitrogen and oxygen atoms in total. The molecule has 280 valence electrons. The van der Waals surface area contributed by atoms with Gasteiger partial charge in [-0.1, -0.05) is 78.7 Å². The third-order valence-corrected chi connectivity index (χ3v) is 9.65. The highest BCUT2D eigenvalue weighted by atomic mass is 16.5. The first-order valence-corrected chi connectivity index (χ1v) is 18.0. The van der Waals surface area contributed by atoms with E-state index in [1.165, 1.54) is 0 Å². The molecule has 10 heteroatoms. The molecule has 0 fully saturated rings. The Kier molecular flexibility index (Phi) is 12.4. The lowest BCUT2D eigenvalue weighted by molar-refractivity contribution is -0.151. The number of aromatic hydroxyl groups is 1. The van der Waals surface area contributed by atoms with Crippen molar-refractivity contribution in [1.82, 2.24) is 10.6 Å². The third-order valence-electron chi connectivity index (χ3n) is 9.65. The third kappa shape index (κ3) is 8.42. The number of carbonyl (C=O) groups excluding carboxylic acids is 4. The number of fused-ring (bicyclic) bond motifs is 2. The molecule has 6 rings (SSSR count). The van der Waals surface area contributed by atoms with E-state index in [-0.39, 0.29) is 37.0 Å². The Hall–Kier alpha value is -6.08. The molecular formula is C44H46N2O8. The summed E-state index contributed by atoms with van der Waals surface area (Å²) >= 11 is 0. The average molecular weight is 731 g/mol. The first-order chi connectivity index (χ1) is 26.0. The number of hydrogen-bond acceptors (Lipinski definition) is 8. The maximum atomic E-state index is 13.2. The number of nitrogens with one attached hydrogen (secondary N) is 2. The molecule has 0 heterocycles. The highest BCUT2D eigenvalue weighted by Gasteiger charge is 2.48. The van der Waals surface area contributed by atoms with E-state index in [1.54, 1.807) is 58.0 Å². The number of phenols is 1. The second-order valence-corrected chi connectivity index (χ2v) is 13.4. The van der Waals surface area contributed by atoms with Crippen molar-refractivity contribution in [2.24, 2.45) is 0 Å². The minimum absolute atomic E-state index is 0.0745. The standard InChI is InChI=1S/C24H25NO4.C20H21NO4/c1-4-6-14-29-21-17(3)10-9-13-20(21)22(26)25-24(23(27)28-5-2)15-18-11-7-8-12-19(18)16-24;1-3-25-19(24)20(11-14-8-4-5-9-15(14)12-20)21-18(23)16-10-6-7-13(2)17(16)22/h7-13H,5,14-16H2,1-3H3,(H,25,26);4-10,22H,3,11-12H2,1-2H3,(H,21,23). The van der Waals surface area contributed by atoms with Crippen molar-refractivity contribution >= 4 is 23.8 Å². The Labute approximate surface area is 316 Å². The number of amides is 2. The Balaban J connectivity index is 0.000000210. The van der Waals surface area contributed by atoms with Crippen molar-refractivity contribution < 1.29 is 38.5 Å². The van der Waals surface area contributed by atoms with Gasteiger partial charge in [-0.25, -0.2) is 9.59 Å². The van der Waals surface area contributed by atoms with Crippen LogP contribution in [0, 0.1) is 25.7 Å². The van der Waals surface area contributed by atoms with Crippen LogP contribution in [0.1, 0.15) is 74.9 Å². The molecule has 4 aromatic carbocycles. The van der Waals surface area contributed by atoms with Gasteiger partial charge in [0.1, 0.15) is 29.2 Å². The van der Waals surface area contributed by atoms with E-state index in [0.29, 0.717) is 42.6 Å². The Morgan fingerprint density at radius 3 is 1.52 bits per heavy atom. The minimum atomic E-state index is -1.15. The number of hydrogen-bond donors (Lipinski definition) is 3. The lowest BCUT2D eigenvalue weighted by Crippen LogP contribution is -2.56. The van der Waals surface area contributed by atoms with Crippen LogP contribution in [0.15, 0.2) is 84.9 Å². The van der Waals surface area contributed by atoms with Crippen LogP contribution in [-0.2, 0) is 44.7 Å². The SMILES string of the molecule is CC#CCOc1c(C)cccc1C(=O)NC1(C(=O)OCC)Cc2ccccc2C1.CCOC(=O)C1(NC(=O)c2cccc(C)c2O)Cc2ccccc2C1. The van der Waals surface area contributed by atoms with Gasteiger partial charge < -0.3 is 30.0 Å². The van der Waals surface area contributed by atoms with E-state index in [9.17, 15) is 24.3 Å².